The van der Waals surface area contributed by atoms with Crippen LogP contribution in [0.4, 0.5) is 4.39 Å². The SMILES string of the molecule is CCCC(C)C(CSc1cccc(F)c1)NCC. The molecule has 0 fully saturated rings. The number of thioether (sulfide) groups is 1. The molecule has 2 atom stereocenters. The first-order chi connectivity index (χ1) is 8.67. The van der Waals surface area contributed by atoms with E-state index in [4.69, 9.17) is 0 Å². The van der Waals surface area contributed by atoms with Crippen molar-refractivity contribution in [3.63, 3.8) is 0 Å². The van der Waals surface area contributed by atoms with E-state index in [0.717, 1.165) is 17.2 Å². The van der Waals surface area contributed by atoms with Crippen LogP contribution in [-0.4, -0.2) is 18.3 Å². The maximum atomic E-state index is 13.1. The van der Waals surface area contributed by atoms with Crippen LogP contribution in [0.5, 0.6) is 0 Å². The molecular formula is C15H24FNS. The summed E-state index contributed by atoms with van der Waals surface area (Å²) in [5.74, 6) is 1.51. The predicted octanol–water partition coefficient (Wildman–Crippen LogP) is 4.33. The van der Waals surface area contributed by atoms with Crippen molar-refractivity contribution in [1.29, 1.82) is 0 Å². The van der Waals surface area contributed by atoms with Crippen LogP contribution >= 0.6 is 11.8 Å². The Morgan fingerprint density at radius 2 is 2.11 bits per heavy atom. The molecule has 0 heterocycles. The van der Waals surface area contributed by atoms with E-state index in [-0.39, 0.29) is 5.82 Å². The molecule has 0 aliphatic rings. The molecule has 0 saturated carbocycles. The summed E-state index contributed by atoms with van der Waals surface area (Å²) in [6.07, 6.45) is 2.45. The van der Waals surface area contributed by atoms with Crippen molar-refractivity contribution in [2.45, 2.75) is 44.6 Å². The van der Waals surface area contributed by atoms with E-state index in [2.05, 4.69) is 26.1 Å². The van der Waals surface area contributed by atoms with Gasteiger partial charge < -0.3 is 5.32 Å². The smallest absolute Gasteiger partial charge is 0.124 e. The van der Waals surface area contributed by atoms with Crippen LogP contribution in [0.25, 0.3) is 0 Å². The molecule has 0 radical (unpaired) electrons. The number of halogens is 1. The predicted molar refractivity (Wildman–Crippen MR) is 78.7 cm³/mol. The fraction of sp³-hybridized carbons (Fsp3) is 0.600. The molecule has 1 aromatic carbocycles. The molecule has 0 bridgehead atoms. The Morgan fingerprint density at radius 3 is 2.72 bits per heavy atom. The van der Waals surface area contributed by atoms with Gasteiger partial charge in [0.25, 0.3) is 0 Å². The van der Waals surface area contributed by atoms with E-state index in [1.165, 1.54) is 18.9 Å². The van der Waals surface area contributed by atoms with Crippen LogP contribution in [0.2, 0.25) is 0 Å². The van der Waals surface area contributed by atoms with Crippen molar-refractivity contribution in [2.24, 2.45) is 5.92 Å². The molecule has 2 unspecified atom stereocenters. The number of rotatable bonds is 8. The van der Waals surface area contributed by atoms with E-state index in [9.17, 15) is 4.39 Å². The number of hydrogen-bond donors (Lipinski definition) is 1. The summed E-state index contributed by atoms with van der Waals surface area (Å²) in [6, 6.07) is 7.35. The van der Waals surface area contributed by atoms with Crippen molar-refractivity contribution in [3.8, 4) is 0 Å². The molecule has 0 spiro atoms. The third kappa shape index (κ3) is 5.40. The van der Waals surface area contributed by atoms with E-state index >= 15 is 0 Å². The van der Waals surface area contributed by atoms with Crippen molar-refractivity contribution in [3.05, 3.63) is 30.1 Å². The zero-order valence-electron chi connectivity index (χ0n) is 11.6. The van der Waals surface area contributed by atoms with Crippen LogP contribution in [0, 0.1) is 11.7 Å². The Morgan fingerprint density at radius 1 is 1.33 bits per heavy atom. The summed E-state index contributed by atoms with van der Waals surface area (Å²) in [6.45, 7) is 7.64. The normalized spacial score (nSPS) is 14.4. The maximum absolute atomic E-state index is 13.1. The summed E-state index contributed by atoms with van der Waals surface area (Å²) < 4.78 is 13.1. The van der Waals surface area contributed by atoms with Crippen molar-refractivity contribution in [1.82, 2.24) is 5.32 Å². The van der Waals surface area contributed by atoms with Gasteiger partial charge in [-0.25, -0.2) is 4.39 Å². The first-order valence-electron chi connectivity index (χ1n) is 6.79. The maximum Gasteiger partial charge on any atom is 0.124 e. The second kappa shape index (κ2) is 8.54. The van der Waals surface area contributed by atoms with Crippen LogP contribution < -0.4 is 5.32 Å². The van der Waals surface area contributed by atoms with Gasteiger partial charge in [0.2, 0.25) is 0 Å². The van der Waals surface area contributed by atoms with E-state index in [1.54, 1.807) is 23.9 Å². The molecule has 102 valence electrons. The van der Waals surface area contributed by atoms with Gasteiger partial charge in [-0.1, -0.05) is 33.3 Å². The van der Waals surface area contributed by atoms with Crippen molar-refractivity contribution >= 4 is 11.8 Å². The highest BCUT2D eigenvalue weighted by Crippen LogP contribution is 2.23. The highest BCUT2D eigenvalue weighted by Gasteiger charge is 2.15. The Kier molecular flexibility index (Phi) is 7.36. The van der Waals surface area contributed by atoms with Gasteiger partial charge in [-0.05, 0) is 37.1 Å². The van der Waals surface area contributed by atoms with Crippen molar-refractivity contribution in [2.75, 3.05) is 12.3 Å². The largest absolute Gasteiger partial charge is 0.313 e. The van der Waals surface area contributed by atoms with Gasteiger partial charge in [0, 0.05) is 16.7 Å². The molecule has 0 amide bonds. The van der Waals surface area contributed by atoms with Crippen LogP contribution in [0.15, 0.2) is 29.2 Å². The first-order valence-corrected chi connectivity index (χ1v) is 7.77. The number of nitrogens with one attached hydrogen (secondary N) is 1. The minimum absolute atomic E-state index is 0.151. The minimum Gasteiger partial charge on any atom is -0.313 e. The Hall–Kier alpha value is -0.540. The summed E-state index contributed by atoms with van der Waals surface area (Å²) in [4.78, 5) is 1.02. The van der Waals surface area contributed by atoms with Gasteiger partial charge in [0.15, 0.2) is 0 Å². The van der Waals surface area contributed by atoms with Gasteiger partial charge in [-0.3, -0.25) is 0 Å². The minimum atomic E-state index is -0.151. The molecule has 3 heteroatoms. The van der Waals surface area contributed by atoms with Crippen LogP contribution in [0.3, 0.4) is 0 Å². The lowest BCUT2D eigenvalue weighted by atomic mass is 9.98. The van der Waals surface area contributed by atoms with Gasteiger partial charge in [-0.2, -0.15) is 0 Å². The fourth-order valence-electron chi connectivity index (χ4n) is 2.09. The zero-order valence-corrected chi connectivity index (χ0v) is 12.4. The second-order valence-corrected chi connectivity index (χ2v) is 5.79. The Bertz CT molecular complexity index is 343. The van der Waals surface area contributed by atoms with Gasteiger partial charge in [-0.15, -0.1) is 11.8 Å². The van der Waals surface area contributed by atoms with Gasteiger partial charge in [0.05, 0.1) is 0 Å². The van der Waals surface area contributed by atoms with E-state index in [0.29, 0.717) is 12.0 Å². The lowest BCUT2D eigenvalue weighted by Gasteiger charge is -2.24. The molecule has 0 aliphatic heterocycles. The molecular weight excluding hydrogens is 245 g/mol. The standard InChI is InChI=1S/C15H24FNS/c1-4-7-12(3)15(17-5-2)11-18-14-9-6-8-13(16)10-14/h6,8-10,12,15,17H,4-5,7,11H2,1-3H3. The molecule has 1 rings (SSSR count). The average molecular weight is 269 g/mol. The first kappa shape index (κ1) is 15.5. The third-order valence-electron chi connectivity index (χ3n) is 3.12. The van der Waals surface area contributed by atoms with Gasteiger partial charge >= 0.3 is 0 Å². The third-order valence-corrected chi connectivity index (χ3v) is 4.24. The molecule has 1 N–H and O–H groups in total. The highest BCUT2D eigenvalue weighted by molar-refractivity contribution is 7.99. The van der Waals surface area contributed by atoms with E-state index in [1.807, 2.05) is 6.07 Å². The topological polar surface area (TPSA) is 12.0 Å². The lowest BCUT2D eigenvalue weighted by Crippen LogP contribution is -2.37. The number of benzene rings is 1. The van der Waals surface area contributed by atoms with Crippen molar-refractivity contribution < 1.29 is 4.39 Å². The molecule has 1 aromatic rings. The molecule has 1 nitrogen and oxygen atoms in total. The fourth-order valence-corrected chi connectivity index (χ4v) is 3.27. The van der Waals surface area contributed by atoms with Gasteiger partial charge in [0.1, 0.15) is 5.82 Å². The summed E-state index contributed by atoms with van der Waals surface area (Å²) >= 11 is 1.73. The Balaban J connectivity index is 2.51. The zero-order chi connectivity index (χ0) is 13.4. The highest BCUT2D eigenvalue weighted by atomic mass is 32.2. The number of hydrogen-bond acceptors (Lipinski definition) is 2. The lowest BCUT2D eigenvalue weighted by molar-refractivity contribution is 0.388. The summed E-state index contributed by atoms with van der Waals surface area (Å²) in [5.41, 5.74) is 0. The quantitative estimate of drug-likeness (QED) is 0.705. The van der Waals surface area contributed by atoms with Crippen LogP contribution in [0.1, 0.15) is 33.6 Å². The summed E-state index contributed by atoms with van der Waals surface area (Å²) in [7, 11) is 0. The summed E-state index contributed by atoms with van der Waals surface area (Å²) in [5, 5.41) is 3.54. The second-order valence-electron chi connectivity index (χ2n) is 4.70. The molecule has 0 saturated heterocycles. The van der Waals surface area contributed by atoms with Crippen LogP contribution in [-0.2, 0) is 0 Å². The average Bonchev–Trinajstić information content (AvgIpc) is 2.35. The monoisotopic (exact) mass is 269 g/mol. The molecule has 0 aliphatic carbocycles. The molecule has 18 heavy (non-hydrogen) atoms. The van der Waals surface area contributed by atoms with E-state index < -0.39 is 0 Å². The molecule has 0 aromatic heterocycles. The Labute approximate surface area is 115 Å².